The number of nitrogens with one attached hydrogen (secondary N) is 1. The number of rotatable bonds is 8. The highest BCUT2D eigenvalue weighted by molar-refractivity contribution is 5.77. The summed E-state index contributed by atoms with van der Waals surface area (Å²) in [5.41, 5.74) is 0. The molecule has 4 heteroatoms. The van der Waals surface area contributed by atoms with E-state index in [-0.39, 0.29) is 18.4 Å². The molecule has 16 heavy (non-hydrogen) atoms. The molecule has 0 spiro atoms. The molecular weight excluding hydrogens is 206 g/mol. The van der Waals surface area contributed by atoms with Crippen LogP contribution >= 0.6 is 0 Å². The molecule has 0 aromatic carbocycles. The van der Waals surface area contributed by atoms with Crippen LogP contribution in [0.15, 0.2) is 0 Å². The lowest BCUT2D eigenvalue weighted by molar-refractivity contribution is -0.137. The van der Waals surface area contributed by atoms with Crippen molar-refractivity contribution in [3.63, 3.8) is 0 Å². The number of carbonyl (C=O) groups is 2. The van der Waals surface area contributed by atoms with Crippen molar-refractivity contribution < 1.29 is 14.7 Å². The number of carbonyl (C=O) groups excluding carboxylic acids is 1. The molecule has 0 radical (unpaired) electrons. The summed E-state index contributed by atoms with van der Waals surface area (Å²) in [4.78, 5) is 22.1. The lowest BCUT2D eigenvalue weighted by Gasteiger charge is -2.15. The van der Waals surface area contributed by atoms with Crippen molar-refractivity contribution in [3.05, 3.63) is 0 Å². The largest absolute Gasteiger partial charge is 0.481 e. The Bertz CT molecular complexity index is 249. The monoisotopic (exact) mass is 227 g/mol. The minimum Gasteiger partial charge on any atom is -0.481 e. The molecule has 1 unspecified atom stereocenters. The molecule has 1 atom stereocenters. The second-order valence-corrected chi connectivity index (χ2v) is 4.63. The van der Waals surface area contributed by atoms with E-state index in [9.17, 15) is 9.59 Å². The minimum absolute atomic E-state index is 0.00611. The Kier molecular flexibility index (Phi) is 5.29. The Morgan fingerprint density at radius 1 is 1.44 bits per heavy atom. The topological polar surface area (TPSA) is 66.4 Å². The molecule has 1 saturated carbocycles. The van der Waals surface area contributed by atoms with E-state index < -0.39 is 5.97 Å². The van der Waals surface area contributed by atoms with Crippen LogP contribution in [0.5, 0.6) is 0 Å². The molecule has 1 aliphatic rings. The van der Waals surface area contributed by atoms with Crippen molar-refractivity contribution in [1.29, 1.82) is 0 Å². The molecule has 0 aromatic rings. The van der Waals surface area contributed by atoms with Gasteiger partial charge < -0.3 is 10.4 Å². The van der Waals surface area contributed by atoms with Gasteiger partial charge in [-0.15, -0.1) is 0 Å². The molecule has 0 aliphatic heterocycles. The molecular formula is C12H21NO3. The first kappa shape index (κ1) is 13.0. The van der Waals surface area contributed by atoms with Crippen molar-refractivity contribution in [3.8, 4) is 0 Å². The van der Waals surface area contributed by atoms with Crippen molar-refractivity contribution >= 4 is 11.9 Å². The van der Waals surface area contributed by atoms with Gasteiger partial charge in [0.15, 0.2) is 0 Å². The van der Waals surface area contributed by atoms with Crippen LogP contribution in [0.1, 0.15) is 51.9 Å². The summed E-state index contributed by atoms with van der Waals surface area (Å²) >= 11 is 0. The maximum Gasteiger partial charge on any atom is 0.305 e. The van der Waals surface area contributed by atoms with Gasteiger partial charge in [-0.25, -0.2) is 0 Å². The first-order valence-corrected chi connectivity index (χ1v) is 6.13. The van der Waals surface area contributed by atoms with E-state index in [0.29, 0.717) is 6.42 Å². The summed E-state index contributed by atoms with van der Waals surface area (Å²) < 4.78 is 0. The first-order chi connectivity index (χ1) is 7.61. The normalized spacial score (nSPS) is 16.8. The molecule has 4 nitrogen and oxygen atoms in total. The van der Waals surface area contributed by atoms with Crippen LogP contribution < -0.4 is 5.32 Å². The average Bonchev–Trinajstić information content (AvgIpc) is 2.97. The van der Waals surface area contributed by atoms with Crippen LogP contribution in [-0.4, -0.2) is 23.0 Å². The second-order valence-electron chi connectivity index (χ2n) is 4.63. The van der Waals surface area contributed by atoms with Crippen molar-refractivity contribution in [1.82, 2.24) is 5.32 Å². The third-order valence-corrected chi connectivity index (χ3v) is 2.90. The van der Waals surface area contributed by atoms with Gasteiger partial charge in [0.05, 0.1) is 6.42 Å². The highest BCUT2D eigenvalue weighted by atomic mass is 16.4. The number of carboxylic acids is 1. The summed E-state index contributed by atoms with van der Waals surface area (Å²) in [6.07, 6.45) is 5.66. The molecule has 1 amide bonds. The zero-order valence-electron chi connectivity index (χ0n) is 9.87. The standard InChI is InChI=1S/C12H21NO3/c1-2-3-10(8-12(15)16)13-11(14)7-6-9-4-5-9/h9-10H,2-8H2,1H3,(H,13,14)(H,15,16). The molecule has 2 N–H and O–H groups in total. The van der Waals surface area contributed by atoms with Crippen LogP contribution in [0.4, 0.5) is 0 Å². The van der Waals surface area contributed by atoms with E-state index in [1.807, 2.05) is 6.92 Å². The van der Waals surface area contributed by atoms with E-state index in [2.05, 4.69) is 5.32 Å². The van der Waals surface area contributed by atoms with Crippen molar-refractivity contribution in [2.24, 2.45) is 5.92 Å². The van der Waals surface area contributed by atoms with Crippen LogP contribution in [-0.2, 0) is 9.59 Å². The quantitative estimate of drug-likeness (QED) is 0.666. The molecule has 0 bridgehead atoms. The van der Waals surface area contributed by atoms with Crippen LogP contribution in [0.3, 0.4) is 0 Å². The zero-order chi connectivity index (χ0) is 12.0. The van der Waals surface area contributed by atoms with Gasteiger partial charge in [-0.1, -0.05) is 26.2 Å². The summed E-state index contributed by atoms with van der Waals surface area (Å²) in [7, 11) is 0. The number of aliphatic carboxylic acids is 1. The third kappa shape index (κ3) is 5.73. The Morgan fingerprint density at radius 3 is 2.62 bits per heavy atom. The Labute approximate surface area is 96.4 Å². The Morgan fingerprint density at radius 2 is 2.12 bits per heavy atom. The maximum atomic E-state index is 11.5. The molecule has 1 rings (SSSR count). The van der Waals surface area contributed by atoms with Crippen LogP contribution in [0.2, 0.25) is 0 Å². The van der Waals surface area contributed by atoms with E-state index in [1.54, 1.807) is 0 Å². The highest BCUT2D eigenvalue weighted by Gasteiger charge is 2.22. The van der Waals surface area contributed by atoms with E-state index in [1.165, 1.54) is 12.8 Å². The van der Waals surface area contributed by atoms with Crippen LogP contribution in [0.25, 0.3) is 0 Å². The van der Waals surface area contributed by atoms with E-state index in [0.717, 1.165) is 25.2 Å². The summed E-state index contributed by atoms with van der Waals surface area (Å²) in [5.74, 6) is -0.0950. The predicted octanol–water partition coefficient (Wildman–Crippen LogP) is 1.94. The second kappa shape index (κ2) is 6.51. The highest BCUT2D eigenvalue weighted by Crippen LogP contribution is 2.33. The molecule has 1 fully saturated rings. The van der Waals surface area contributed by atoms with Gasteiger partial charge >= 0.3 is 5.97 Å². The number of hydrogen-bond donors (Lipinski definition) is 2. The molecule has 92 valence electrons. The minimum atomic E-state index is -0.846. The van der Waals surface area contributed by atoms with Gasteiger partial charge in [0.2, 0.25) is 5.91 Å². The average molecular weight is 227 g/mol. The number of carboxylic acid groups (broad SMARTS) is 1. The van der Waals surface area contributed by atoms with Gasteiger partial charge in [0.1, 0.15) is 0 Å². The summed E-state index contributed by atoms with van der Waals surface area (Å²) in [6, 6.07) is -0.200. The van der Waals surface area contributed by atoms with Crippen LogP contribution in [0, 0.1) is 5.92 Å². The van der Waals surface area contributed by atoms with Gasteiger partial charge in [0, 0.05) is 12.5 Å². The van der Waals surface area contributed by atoms with Gasteiger partial charge in [-0.05, 0) is 18.8 Å². The van der Waals surface area contributed by atoms with E-state index >= 15 is 0 Å². The van der Waals surface area contributed by atoms with Crippen molar-refractivity contribution in [2.75, 3.05) is 0 Å². The van der Waals surface area contributed by atoms with E-state index in [4.69, 9.17) is 5.11 Å². The molecule has 0 heterocycles. The summed E-state index contributed by atoms with van der Waals surface area (Å²) in [6.45, 7) is 1.99. The fourth-order valence-electron chi connectivity index (χ4n) is 1.83. The third-order valence-electron chi connectivity index (χ3n) is 2.90. The van der Waals surface area contributed by atoms with Crippen molar-refractivity contribution in [2.45, 2.75) is 57.9 Å². The molecule has 1 aliphatic carbocycles. The summed E-state index contributed by atoms with van der Waals surface area (Å²) in [5, 5.41) is 11.5. The Balaban J connectivity index is 2.21. The first-order valence-electron chi connectivity index (χ1n) is 6.13. The maximum absolute atomic E-state index is 11.5. The lowest BCUT2D eigenvalue weighted by Crippen LogP contribution is -2.36. The molecule has 0 aromatic heterocycles. The SMILES string of the molecule is CCCC(CC(=O)O)NC(=O)CCC1CC1. The van der Waals surface area contributed by atoms with Gasteiger partial charge in [0.25, 0.3) is 0 Å². The zero-order valence-corrected chi connectivity index (χ0v) is 9.87. The number of hydrogen-bond acceptors (Lipinski definition) is 2. The van der Waals surface area contributed by atoms with Gasteiger partial charge in [-0.2, -0.15) is 0 Å². The lowest BCUT2D eigenvalue weighted by atomic mass is 10.1. The fourth-order valence-corrected chi connectivity index (χ4v) is 1.83. The predicted molar refractivity (Wildman–Crippen MR) is 61.0 cm³/mol. The molecule has 0 saturated heterocycles. The van der Waals surface area contributed by atoms with Gasteiger partial charge in [-0.3, -0.25) is 9.59 Å². The fraction of sp³-hybridized carbons (Fsp3) is 0.833. The smallest absolute Gasteiger partial charge is 0.305 e. The Hall–Kier alpha value is -1.06. The number of amides is 1.